The predicted molar refractivity (Wildman–Crippen MR) is 95.0 cm³/mol. The lowest BCUT2D eigenvalue weighted by Crippen LogP contribution is -2.41. The van der Waals surface area contributed by atoms with Gasteiger partial charge in [-0.15, -0.1) is 11.3 Å². The van der Waals surface area contributed by atoms with Crippen LogP contribution < -0.4 is 0 Å². The second kappa shape index (κ2) is 6.36. The van der Waals surface area contributed by atoms with Crippen LogP contribution in [0.3, 0.4) is 0 Å². The van der Waals surface area contributed by atoms with E-state index >= 15 is 0 Å². The van der Waals surface area contributed by atoms with E-state index in [0.29, 0.717) is 30.8 Å². The van der Waals surface area contributed by atoms with E-state index < -0.39 is 0 Å². The van der Waals surface area contributed by atoms with Gasteiger partial charge in [-0.3, -0.25) is 9.59 Å². The van der Waals surface area contributed by atoms with Gasteiger partial charge < -0.3 is 9.80 Å². The van der Waals surface area contributed by atoms with Gasteiger partial charge in [0.25, 0.3) is 5.91 Å². The summed E-state index contributed by atoms with van der Waals surface area (Å²) >= 11 is 1.51. The fourth-order valence-electron chi connectivity index (χ4n) is 4.38. The number of amides is 2. The molecule has 2 heterocycles. The predicted octanol–water partition coefficient (Wildman–Crippen LogP) is 2.94. The summed E-state index contributed by atoms with van der Waals surface area (Å²) in [5.74, 6) is 1.70. The highest BCUT2D eigenvalue weighted by atomic mass is 32.1. The highest BCUT2D eigenvalue weighted by Crippen LogP contribution is 2.44. The molecule has 4 nitrogen and oxygen atoms in total. The molecule has 3 aliphatic rings. The van der Waals surface area contributed by atoms with Crippen molar-refractivity contribution in [2.24, 2.45) is 17.8 Å². The summed E-state index contributed by atoms with van der Waals surface area (Å²) in [5.41, 5.74) is 1.05. The van der Waals surface area contributed by atoms with Crippen LogP contribution in [0.5, 0.6) is 0 Å². The Morgan fingerprint density at radius 1 is 1.08 bits per heavy atom. The Balaban J connectivity index is 1.39. The highest BCUT2D eigenvalue weighted by molar-refractivity contribution is 7.12. The van der Waals surface area contributed by atoms with Gasteiger partial charge in [0.1, 0.15) is 0 Å². The first kappa shape index (κ1) is 15.9. The van der Waals surface area contributed by atoms with Crippen molar-refractivity contribution >= 4 is 23.2 Å². The minimum absolute atomic E-state index is 0.125. The average Bonchev–Trinajstić information content (AvgIpc) is 3.27. The highest BCUT2D eigenvalue weighted by Gasteiger charge is 2.41. The Kier molecular flexibility index (Phi) is 4.21. The third-order valence-corrected chi connectivity index (χ3v) is 6.75. The molecule has 0 spiro atoms. The number of aryl methyl sites for hydroxylation is 1. The third-order valence-electron chi connectivity index (χ3n) is 5.75. The Hall–Kier alpha value is -1.62. The summed E-state index contributed by atoms with van der Waals surface area (Å²) in [6.07, 6.45) is 7.57. The number of carbonyl (C=O) groups excluding carboxylic acids is 2. The van der Waals surface area contributed by atoms with Crippen LogP contribution in [0, 0.1) is 24.7 Å². The maximum Gasteiger partial charge on any atom is 0.264 e. The minimum Gasteiger partial charge on any atom is -0.341 e. The van der Waals surface area contributed by atoms with E-state index in [0.717, 1.165) is 42.8 Å². The number of thiophene rings is 1. The van der Waals surface area contributed by atoms with Gasteiger partial charge in [-0.25, -0.2) is 0 Å². The van der Waals surface area contributed by atoms with Crippen LogP contribution in [-0.4, -0.2) is 47.8 Å². The normalized spacial score (nSPS) is 29.1. The molecule has 0 N–H and O–H groups in total. The summed E-state index contributed by atoms with van der Waals surface area (Å²) in [6.45, 7) is 4.84. The van der Waals surface area contributed by atoms with Gasteiger partial charge in [-0.2, -0.15) is 0 Å². The van der Waals surface area contributed by atoms with Gasteiger partial charge in [0.15, 0.2) is 0 Å². The van der Waals surface area contributed by atoms with E-state index in [1.165, 1.54) is 11.3 Å². The van der Waals surface area contributed by atoms with Crippen molar-refractivity contribution in [3.63, 3.8) is 0 Å². The number of allylic oxidation sites excluding steroid dienone is 2. The first-order chi connectivity index (χ1) is 11.6. The Morgan fingerprint density at radius 3 is 2.54 bits per heavy atom. The summed E-state index contributed by atoms with van der Waals surface area (Å²) in [4.78, 5) is 30.4. The second-order valence-corrected chi connectivity index (χ2v) is 8.21. The van der Waals surface area contributed by atoms with Crippen LogP contribution >= 0.6 is 11.3 Å². The van der Waals surface area contributed by atoms with E-state index in [1.54, 1.807) is 0 Å². The van der Waals surface area contributed by atoms with Gasteiger partial charge in [-0.05, 0) is 55.0 Å². The maximum absolute atomic E-state index is 12.9. The van der Waals surface area contributed by atoms with Gasteiger partial charge in [0, 0.05) is 32.1 Å². The van der Waals surface area contributed by atoms with Gasteiger partial charge in [0.05, 0.1) is 4.88 Å². The van der Waals surface area contributed by atoms with Crippen molar-refractivity contribution < 1.29 is 9.59 Å². The molecule has 1 saturated heterocycles. The monoisotopic (exact) mass is 344 g/mol. The molecule has 0 radical (unpaired) electrons. The van der Waals surface area contributed by atoms with Crippen molar-refractivity contribution in [1.29, 1.82) is 0 Å². The molecule has 2 fully saturated rings. The fourth-order valence-corrected chi connectivity index (χ4v) is 5.27. The maximum atomic E-state index is 12.9. The smallest absolute Gasteiger partial charge is 0.264 e. The number of nitrogens with zero attached hydrogens (tertiary/aromatic N) is 2. The quantitative estimate of drug-likeness (QED) is 0.774. The zero-order valence-electron chi connectivity index (χ0n) is 14.1. The summed E-state index contributed by atoms with van der Waals surface area (Å²) in [5, 5.41) is 1.97. The van der Waals surface area contributed by atoms with Crippen molar-refractivity contribution in [2.45, 2.75) is 26.2 Å². The molecule has 2 amide bonds. The molecule has 0 unspecified atom stereocenters. The molecule has 2 aliphatic carbocycles. The number of fused-ring (bicyclic) bond motifs is 2. The average molecular weight is 344 g/mol. The van der Waals surface area contributed by atoms with E-state index in [-0.39, 0.29) is 11.8 Å². The molecule has 0 aromatic carbocycles. The van der Waals surface area contributed by atoms with Crippen LogP contribution in [0.4, 0.5) is 0 Å². The van der Waals surface area contributed by atoms with Crippen LogP contribution in [0.15, 0.2) is 23.6 Å². The fraction of sp³-hybridized carbons (Fsp3) is 0.579. The van der Waals surface area contributed by atoms with Crippen LogP contribution in [-0.2, 0) is 4.79 Å². The number of hydrogen-bond acceptors (Lipinski definition) is 3. The van der Waals surface area contributed by atoms with E-state index in [2.05, 4.69) is 12.2 Å². The Labute approximate surface area is 147 Å². The molecule has 2 bridgehead atoms. The van der Waals surface area contributed by atoms with Gasteiger partial charge >= 0.3 is 0 Å². The Morgan fingerprint density at radius 2 is 1.88 bits per heavy atom. The molecule has 3 atom stereocenters. The van der Waals surface area contributed by atoms with Crippen molar-refractivity contribution in [1.82, 2.24) is 9.80 Å². The molecule has 128 valence electrons. The van der Waals surface area contributed by atoms with Crippen molar-refractivity contribution in [3.05, 3.63) is 34.0 Å². The lowest BCUT2D eigenvalue weighted by Gasteiger charge is -2.27. The zero-order chi connectivity index (χ0) is 16.7. The molecule has 24 heavy (non-hydrogen) atoms. The molecule has 4 rings (SSSR count). The van der Waals surface area contributed by atoms with Crippen LogP contribution in [0.25, 0.3) is 0 Å². The summed E-state index contributed by atoms with van der Waals surface area (Å²) in [6, 6.07) is 1.99. The largest absolute Gasteiger partial charge is 0.341 e. The topological polar surface area (TPSA) is 40.6 Å². The number of hydrogen-bond donors (Lipinski definition) is 0. The molecular formula is C19H24N2O2S. The van der Waals surface area contributed by atoms with Gasteiger partial charge in [-0.1, -0.05) is 12.2 Å². The number of carbonyl (C=O) groups is 2. The van der Waals surface area contributed by atoms with Gasteiger partial charge in [0.2, 0.25) is 5.91 Å². The molecule has 1 aromatic rings. The lowest BCUT2D eigenvalue weighted by atomic mass is 9.92. The Bertz CT molecular complexity index is 681. The first-order valence-electron chi connectivity index (χ1n) is 8.94. The molecular weight excluding hydrogens is 320 g/mol. The molecule has 1 saturated carbocycles. The van der Waals surface area contributed by atoms with Crippen LogP contribution in [0.2, 0.25) is 0 Å². The standard InChI is InChI=1S/C19H24N2O2S/c1-13-5-10-24-17(13)19(23)21-7-2-6-20(8-9-21)18(22)16-12-14-3-4-15(16)11-14/h3-5,10,14-16H,2,6-9,11-12H2,1H3/t14-,15+,16-/m1/s1. The number of rotatable bonds is 2. The summed E-state index contributed by atoms with van der Waals surface area (Å²) < 4.78 is 0. The summed E-state index contributed by atoms with van der Waals surface area (Å²) in [7, 11) is 0. The lowest BCUT2D eigenvalue weighted by molar-refractivity contribution is -0.136. The van der Waals surface area contributed by atoms with E-state index in [1.807, 2.05) is 28.2 Å². The second-order valence-electron chi connectivity index (χ2n) is 7.29. The molecule has 5 heteroatoms. The van der Waals surface area contributed by atoms with Crippen LogP contribution in [0.1, 0.15) is 34.5 Å². The van der Waals surface area contributed by atoms with Crippen molar-refractivity contribution in [2.75, 3.05) is 26.2 Å². The SMILES string of the molecule is Cc1ccsc1C(=O)N1CCCN(C(=O)[C@@H]2C[C@@H]3C=C[C@H]2C3)CC1. The third kappa shape index (κ3) is 2.79. The minimum atomic E-state index is 0.125. The van der Waals surface area contributed by atoms with Crippen molar-refractivity contribution in [3.8, 4) is 0 Å². The van der Waals surface area contributed by atoms with E-state index in [9.17, 15) is 9.59 Å². The van der Waals surface area contributed by atoms with E-state index in [4.69, 9.17) is 0 Å². The molecule has 1 aliphatic heterocycles. The zero-order valence-corrected chi connectivity index (χ0v) is 14.9. The first-order valence-corrected chi connectivity index (χ1v) is 9.82. The molecule has 1 aromatic heterocycles.